The Morgan fingerprint density at radius 3 is 1.73 bits per heavy atom. The Hall–Kier alpha value is -0.0800. The second-order valence-electron chi connectivity index (χ2n) is 5.97. The lowest BCUT2D eigenvalue weighted by Crippen LogP contribution is -2.60. The fraction of sp³-hybridized carbons (Fsp3) is 1.00. The van der Waals surface area contributed by atoms with Crippen LogP contribution < -0.4 is 5.73 Å². The fourth-order valence-electron chi connectivity index (χ4n) is 2.58. The Labute approximate surface area is 95.2 Å². The normalized spacial score (nSPS) is 20.0. The first-order valence-electron chi connectivity index (χ1n) is 6.45. The molecule has 0 unspecified atom stereocenters. The molecule has 0 bridgehead atoms. The minimum Gasteiger partial charge on any atom is -0.329 e. The largest absolute Gasteiger partial charge is 0.329 e. The number of nitrogens with two attached hydrogens (primary N) is 1. The average Bonchev–Trinajstić information content (AvgIpc) is 2.00. The SMILES string of the molecule is CC(C)CN(CC(C)C)C1(CN)CCC1. The molecule has 0 heterocycles. The third-order valence-electron chi connectivity index (χ3n) is 3.51. The van der Waals surface area contributed by atoms with Crippen molar-refractivity contribution in [3.05, 3.63) is 0 Å². The van der Waals surface area contributed by atoms with Gasteiger partial charge in [-0.25, -0.2) is 0 Å². The first-order chi connectivity index (χ1) is 7.00. The van der Waals surface area contributed by atoms with E-state index < -0.39 is 0 Å². The van der Waals surface area contributed by atoms with Crippen LogP contribution in [0.15, 0.2) is 0 Å². The summed E-state index contributed by atoms with van der Waals surface area (Å²) in [6, 6.07) is 0. The van der Waals surface area contributed by atoms with Crippen molar-refractivity contribution < 1.29 is 0 Å². The van der Waals surface area contributed by atoms with E-state index in [1.807, 2.05) is 0 Å². The van der Waals surface area contributed by atoms with Crippen molar-refractivity contribution in [2.75, 3.05) is 19.6 Å². The summed E-state index contributed by atoms with van der Waals surface area (Å²) in [5.74, 6) is 1.49. The summed E-state index contributed by atoms with van der Waals surface area (Å²) in [5.41, 5.74) is 6.34. The molecule has 1 aliphatic carbocycles. The Morgan fingerprint density at radius 1 is 1.07 bits per heavy atom. The Morgan fingerprint density at radius 2 is 1.53 bits per heavy atom. The summed E-state index contributed by atoms with van der Waals surface area (Å²) in [6.45, 7) is 12.5. The molecule has 1 rings (SSSR count). The second kappa shape index (κ2) is 5.31. The van der Waals surface area contributed by atoms with Crippen molar-refractivity contribution in [3.8, 4) is 0 Å². The predicted octanol–water partition coefficient (Wildman–Crippen LogP) is 2.48. The van der Waals surface area contributed by atoms with Crippen LogP contribution in [0.25, 0.3) is 0 Å². The minimum absolute atomic E-state index is 0.356. The van der Waals surface area contributed by atoms with E-state index in [0.29, 0.717) is 5.54 Å². The molecule has 1 aliphatic rings. The summed E-state index contributed by atoms with van der Waals surface area (Å²) in [4.78, 5) is 2.66. The zero-order valence-corrected chi connectivity index (χ0v) is 10.9. The van der Waals surface area contributed by atoms with Gasteiger partial charge in [-0.05, 0) is 31.1 Å². The number of nitrogens with zero attached hydrogens (tertiary/aromatic N) is 1. The second-order valence-corrected chi connectivity index (χ2v) is 5.97. The van der Waals surface area contributed by atoms with E-state index >= 15 is 0 Å². The third kappa shape index (κ3) is 3.18. The van der Waals surface area contributed by atoms with E-state index in [-0.39, 0.29) is 0 Å². The Kier molecular flexibility index (Phi) is 4.60. The van der Waals surface area contributed by atoms with Crippen LogP contribution in [-0.4, -0.2) is 30.1 Å². The smallest absolute Gasteiger partial charge is 0.0332 e. The van der Waals surface area contributed by atoms with Gasteiger partial charge in [0.15, 0.2) is 0 Å². The lowest BCUT2D eigenvalue weighted by atomic mass is 9.74. The van der Waals surface area contributed by atoms with Gasteiger partial charge in [0.1, 0.15) is 0 Å². The van der Waals surface area contributed by atoms with E-state index in [1.54, 1.807) is 0 Å². The van der Waals surface area contributed by atoms with Crippen LogP contribution in [0.2, 0.25) is 0 Å². The first-order valence-corrected chi connectivity index (χ1v) is 6.45. The highest BCUT2D eigenvalue weighted by molar-refractivity contribution is 4.99. The van der Waals surface area contributed by atoms with E-state index in [1.165, 1.54) is 32.4 Å². The van der Waals surface area contributed by atoms with Gasteiger partial charge in [0.2, 0.25) is 0 Å². The van der Waals surface area contributed by atoms with Crippen molar-refractivity contribution in [3.63, 3.8) is 0 Å². The molecule has 0 radical (unpaired) electrons. The molecule has 1 fully saturated rings. The van der Waals surface area contributed by atoms with Gasteiger partial charge in [-0.1, -0.05) is 27.7 Å². The van der Waals surface area contributed by atoms with Gasteiger partial charge in [0.05, 0.1) is 0 Å². The molecule has 0 amide bonds. The molecule has 15 heavy (non-hydrogen) atoms. The molecule has 0 atom stereocenters. The van der Waals surface area contributed by atoms with Crippen LogP contribution in [0.4, 0.5) is 0 Å². The van der Waals surface area contributed by atoms with Crippen molar-refractivity contribution in [2.45, 2.75) is 52.5 Å². The number of hydrogen-bond donors (Lipinski definition) is 1. The zero-order valence-electron chi connectivity index (χ0n) is 10.9. The van der Waals surface area contributed by atoms with E-state index in [9.17, 15) is 0 Å². The van der Waals surface area contributed by atoms with Gasteiger partial charge in [-0.2, -0.15) is 0 Å². The zero-order chi connectivity index (χ0) is 11.5. The highest BCUT2D eigenvalue weighted by atomic mass is 15.2. The van der Waals surface area contributed by atoms with Crippen LogP contribution in [0, 0.1) is 11.8 Å². The van der Waals surface area contributed by atoms with E-state index in [0.717, 1.165) is 18.4 Å². The topological polar surface area (TPSA) is 29.3 Å². The first kappa shape index (κ1) is 13.0. The van der Waals surface area contributed by atoms with Crippen molar-refractivity contribution >= 4 is 0 Å². The van der Waals surface area contributed by atoms with Gasteiger partial charge in [-0.15, -0.1) is 0 Å². The van der Waals surface area contributed by atoms with Gasteiger partial charge in [-0.3, -0.25) is 4.90 Å². The molecule has 0 saturated heterocycles. The molecule has 0 spiro atoms. The maximum Gasteiger partial charge on any atom is 0.0332 e. The van der Waals surface area contributed by atoms with E-state index in [4.69, 9.17) is 5.73 Å². The summed E-state index contributed by atoms with van der Waals surface area (Å²) < 4.78 is 0. The molecule has 0 aromatic heterocycles. The monoisotopic (exact) mass is 212 g/mol. The minimum atomic E-state index is 0.356. The van der Waals surface area contributed by atoms with E-state index in [2.05, 4.69) is 32.6 Å². The van der Waals surface area contributed by atoms with Gasteiger partial charge in [0, 0.05) is 25.2 Å². The molecule has 2 N–H and O–H groups in total. The quantitative estimate of drug-likeness (QED) is 0.733. The van der Waals surface area contributed by atoms with Gasteiger partial charge in [0.25, 0.3) is 0 Å². The summed E-state index contributed by atoms with van der Waals surface area (Å²) in [6.07, 6.45) is 3.98. The lowest BCUT2D eigenvalue weighted by Gasteiger charge is -2.51. The van der Waals surface area contributed by atoms with Crippen LogP contribution in [0.3, 0.4) is 0 Å². The lowest BCUT2D eigenvalue weighted by molar-refractivity contribution is 0.00604. The standard InChI is InChI=1S/C13H28N2/c1-11(2)8-15(9-12(3)4)13(10-14)6-5-7-13/h11-12H,5-10,14H2,1-4H3. The molecular weight excluding hydrogens is 184 g/mol. The average molecular weight is 212 g/mol. The van der Waals surface area contributed by atoms with Crippen molar-refractivity contribution in [2.24, 2.45) is 17.6 Å². The van der Waals surface area contributed by atoms with Crippen molar-refractivity contribution in [1.29, 1.82) is 0 Å². The highest BCUT2D eigenvalue weighted by Gasteiger charge is 2.41. The van der Waals surface area contributed by atoms with Gasteiger partial charge < -0.3 is 5.73 Å². The molecule has 2 heteroatoms. The van der Waals surface area contributed by atoms with Crippen LogP contribution in [0.5, 0.6) is 0 Å². The van der Waals surface area contributed by atoms with Crippen LogP contribution in [-0.2, 0) is 0 Å². The molecule has 2 nitrogen and oxygen atoms in total. The fourth-order valence-corrected chi connectivity index (χ4v) is 2.58. The maximum absolute atomic E-state index is 5.98. The Bertz CT molecular complexity index is 167. The molecule has 0 aromatic carbocycles. The maximum atomic E-state index is 5.98. The van der Waals surface area contributed by atoms with Gasteiger partial charge >= 0.3 is 0 Å². The summed E-state index contributed by atoms with van der Waals surface area (Å²) >= 11 is 0. The number of rotatable bonds is 6. The van der Waals surface area contributed by atoms with Crippen LogP contribution in [0.1, 0.15) is 47.0 Å². The third-order valence-corrected chi connectivity index (χ3v) is 3.51. The summed E-state index contributed by atoms with van der Waals surface area (Å²) in [7, 11) is 0. The highest BCUT2D eigenvalue weighted by Crippen LogP contribution is 2.37. The molecule has 0 aliphatic heterocycles. The number of hydrogen-bond acceptors (Lipinski definition) is 2. The predicted molar refractivity (Wildman–Crippen MR) is 66.9 cm³/mol. The summed E-state index contributed by atoms with van der Waals surface area (Å²) in [5, 5.41) is 0. The molecular formula is C13H28N2. The molecule has 1 saturated carbocycles. The molecule has 90 valence electrons. The van der Waals surface area contributed by atoms with Crippen molar-refractivity contribution in [1.82, 2.24) is 4.90 Å². The van der Waals surface area contributed by atoms with Crippen LogP contribution >= 0.6 is 0 Å². The Balaban J connectivity index is 2.61. The molecule has 0 aromatic rings.